The highest BCUT2D eigenvalue weighted by Crippen LogP contribution is 2.36. The van der Waals surface area contributed by atoms with Gasteiger partial charge in [0.2, 0.25) is 0 Å². The van der Waals surface area contributed by atoms with Gasteiger partial charge in [-0.05, 0) is 18.6 Å². The molecule has 0 aromatic heterocycles. The van der Waals surface area contributed by atoms with E-state index in [2.05, 4.69) is 0 Å². The molecule has 0 saturated carbocycles. The monoisotopic (exact) mass is 287 g/mol. The average Bonchev–Trinajstić information content (AvgIpc) is 2.47. The number of rotatable bonds is 4. The molecule has 0 radical (unpaired) electrons. The van der Waals surface area contributed by atoms with Gasteiger partial charge >= 0.3 is 0 Å². The molecule has 2 aromatic carbocycles. The number of hydrogen-bond acceptors (Lipinski definition) is 3. The molecule has 0 N–H and O–H groups in total. The SMILES string of the molecule is COc1cc(C#N)cc(Cl)c1OCc1ccc(C)cc1. The van der Waals surface area contributed by atoms with Crippen LogP contribution in [0.15, 0.2) is 36.4 Å². The molecule has 0 fully saturated rings. The highest BCUT2D eigenvalue weighted by molar-refractivity contribution is 6.32. The van der Waals surface area contributed by atoms with Crippen molar-refractivity contribution in [1.29, 1.82) is 5.26 Å². The lowest BCUT2D eigenvalue weighted by molar-refractivity contribution is 0.284. The Morgan fingerprint density at radius 3 is 2.50 bits per heavy atom. The summed E-state index contributed by atoms with van der Waals surface area (Å²) < 4.78 is 10.9. The summed E-state index contributed by atoms with van der Waals surface area (Å²) in [6, 6.07) is 13.2. The molecule has 0 amide bonds. The van der Waals surface area contributed by atoms with Crippen LogP contribution in [0.25, 0.3) is 0 Å². The van der Waals surface area contributed by atoms with E-state index in [4.69, 9.17) is 26.3 Å². The van der Waals surface area contributed by atoms with Gasteiger partial charge in [-0.15, -0.1) is 0 Å². The fourth-order valence-corrected chi connectivity index (χ4v) is 2.03. The molecule has 0 unspecified atom stereocenters. The van der Waals surface area contributed by atoms with Gasteiger partial charge < -0.3 is 9.47 Å². The molecule has 0 bridgehead atoms. The Labute approximate surface area is 123 Å². The molecule has 0 aliphatic carbocycles. The number of methoxy groups -OCH3 is 1. The van der Waals surface area contributed by atoms with Crippen molar-refractivity contribution in [2.24, 2.45) is 0 Å². The van der Waals surface area contributed by atoms with Crippen molar-refractivity contribution < 1.29 is 9.47 Å². The van der Waals surface area contributed by atoms with E-state index < -0.39 is 0 Å². The Kier molecular flexibility index (Phi) is 4.49. The molecule has 2 rings (SSSR count). The molecule has 2 aromatic rings. The summed E-state index contributed by atoms with van der Waals surface area (Å²) in [5.41, 5.74) is 2.68. The topological polar surface area (TPSA) is 42.2 Å². The minimum absolute atomic E-state index is 0.369. The summed E-state index contributed by atoms with van der Waals surface area (Å²) >= 11 is 6.13. The number of hydrogen-bond donors (Lipinski definition) is 0. The van der Waals surface area contributed by atoms with Crippen molar-refractivity contribution in [2.75, 3.05) is 7.11 Å². The van der Waals surface area contributed by atoms with Crippen LogP contribution in [0.5, 0.6) is 11.5 Å². The van der Waals surface area contributed by atoms with E-state index in [0.29, 0.717) is 28.7 Å². The number of nitrogens with zero attached hydrogens (tertiary/aromatic N) is 1. The van der Waals surface area contributed by atoms with E-state index in [1.807, 2.05) is 37.3 Å². The lowest BCUT2D eigenvalue weighted by Crippen LogP contribution is -1.99. The lowest BCUT2D eigenvalue weighted by Gasteiger charge is -2.12. The van der Waals surface area contributed by atoms with Crippen molar-refractivity contribution >= 4 is 11.6 Å². The first-order chi connectivity index (χ1) is 9.63. The predicted molar refractivity (Wildman–Crippen MR) is 78.2 cm³/mol. The predicted octanol–water partition coefficient (Wildman–Crippen LogP) is 4.11. The number of benzene rings is 2. The van der Waals surface area contributed by atoms with Gasteiger partial charge in [0.1, 0.15) is 6.61 Å². The number of halogens is 1. The van der Waals surface area contributed by atoms with Crippen LogP contribution in [0.3, 0.4) is 0 Å². The number of ether oxygens (including phenoxy) is 2. The van der Waals surface area contributed by atoms with E-state index in [0.717, 1.165) is 5.56 Å². The normalized spacial score (nSPS) is 9.90. The zero-order valence-electron chi connectivity index (χ0n) is 11.3. The number of nitriles is 1. The van der Waals surface area contributed by atoms with Gasteiger partial charge in [-0.25, -0.2) is 0 Å². The third kappa shape index (κ3) is 3.23. The van der Waals surface area contributed by atoms with Crippen LogP contribution in [0.1, 0.15) is 16.7 Å². The van der Waals surface area contributed by atoms with Crippen LogP contribution in [0, 0.1) is 18.3 Å². The molecule has 0 aliphatic rings. The maximum absolute atomic E-state index is 8.90. The minimum atomic E-state index is 0.369. The van der Waals surface area contributed by atoms with Crippen molar-refractivity contribution in [3.63, 3.8) is 0 Å². The molecule has 0 spiro atoms. The van der Waals surface area contributed by atoms with Crippen molar-refractivity contribution in [3.8, 4) is 17.6 Å². The lowest BCUT2D eigenvalue weighted by atomic mass is 10.2. The largest absolute Gasteiger partial charge is 0.493 e. The van der Waals surface area contributed by atoms with Crippen LogP contribution >= 0.6 is 11.6 Å². The Morgan fingerprint density at radius 1 is 1.20 bits per heavy atom. The van der Waals surface area contributed by atoms with Crippen molar-refractivity contribution in [2.45, 2.75) is 13.5 Å². The highest BCUT2D eigenvalue weighted by atomic mass is 35.5. The second-order valence-corrected chi connectivity index (χ2v) is 4.78. The van der Waals surface area contributed by atoms with E-state index in [1.54, 1.807) is 12.1 Å². The summed E-state index contributed by atoms with van der Waals surface area (Å²) in [5, 5.41) is 9.27. The first kappa shape index (κ1) is 14.2. The first-order valence-corrected chi connectivity index (χ1v) is 6.48. The van der Waals surface area contributed by atoms with Gasteiger partial charge in [0.25, 0.3) is 0 Å². The second-order valence-electron chi connectivity index (χ2n) is 4.38. The summed E-state index contributed by atoms with van der Waals surface area (Å²) in [5.74, 6) is 0.912. The third-order valence-electron chi connectivity index (χ3n) is 2.86. The molecule has 3 nitrogen and oxygen atoms in total. The number of aryl methyl sites for hydroxylation is 1. The van der Waals surface area contributed by atoms with E-state index in [1.165, 1.54) is 12.7 Å². The zero-order chi connectivity index (χ0) is 14.5. The molecule has 0 atom stereocenters. The van der Waals surface area contributed by atoms with E-state index >= 15 is 0 Å². The molecule has 0 aliphatic heterocycles. The third-order valence-corrected chi connectivity index (χ3v) is 3.14. The van der Waals surface area contributed by atoms with Gasteiger partial charge in [0.15, 0.2) is 11.5 Å². The van der Waals surface area contributed by atoms with Gasteiger partial charge in [0, 0.05) is 6.07 Å². The van der Waals surface area contributed by atoms with Gasteiger partial charge in [0.05, 0.1) is 23.8 Å². The highest BCUT2D eigenvalue weighted by Gasteiger charge is 2.12. The van der Waals surface area contributed by atoms with Crippen LogP contribution in [-0.4, -0.2) is 7.11 Å². The van der Waals surface area contributed by atoms with Crippen LogP contribution in [0.2, 0.25) is 5.02 Å². The standard InChI is InChI=1S/C16H14ClNO2/c1-11-3-5-12(6-4-11)10-20-16-14(17)7-13(9-18)8-15(16)19-2/h3-8H,10H2,1-2H3. The molecule has 0 saturated heterocycles. The van der Waals surface area contributed by atoms with Crippen LogP contribution in [-0.2, 0) is 6.61 Å². The van der Waals surface area contributed by atoms with Gasteiger partial charge in [-0.1, -0.05) is 41.4 Å². The maximum Gasteiger partial charge on any atom is 0.180 e. The van der Waals surface area contributed by atoms with E-state index in [9.17, 15) is 0 Å². The maximum atomic E-state index is 8.90. The fraction of sp³-hybridized carbons (Fsp3) is 0.188. The Morgan fingerprint density at radius 2 is 1.90 bits per heavy atom. The average molecular weight is 288 g/mol. The summed E-state index contributed by atoms with van der Waals surface area (Å²) in [4.78, 5) is 0. The summed E-state index contributed by atoms with van der Waals surface area (Å²) in [7, 11) is 1.52. The molecule has 20 heavy (non-hydrogen) atoms. The summed E-state index contributed by atoms with van der Waals surface area (Å²) in [6.45, 7) is 2.42. The minimum Gasteiger partial charge on any atom is -0.493 e. The quantitative estimate of drug-likeness (QED) is 0.850. The molecule has 4 heteroatoms. The molecular weight excluding hydrogens is 274 g/mol. The van der Waals surface area contributed by atoms with E-state index in [-0.39, 0.29) is 0 Å². The molecular formula is C16H14ClNO2. The second kappa shape index (κ2) is 6.31. The smallest absolute Gasteiger partial charge is 0.180 e. The van der Waals surface area contributed by atoms with Crippen molar-refractivity contribution in [1.82, 2.24) is 0 Å². The van der Waals surface area contributed by atoms with Gasteiger partial charge in [-0.2, -0.15) is 5.26 Å². The summed E-state index contributed by atoms with van der Waals surface area (Å²) in [6.07, 6.45) is 0. The molecule has 102 valence electrons. The zero-order valence-corrected chi connectivity index (χ0v) is 12.1. The first-order valence-electron chi connectivity index (χ1n) is 6.10. The Balaban J connectivity index is 2.21. The molecule has 0 heterocycles. The Hall–Kier alpha value is -2.18. The van der Waals surface area contributed by atoms with Crippen LogP contribution in [0.4, 0.5) is 0 Å². The van der Waals surface area contributed by atoms with Gasteiger partial charge in [-0.3, -0.25) is 0 Å². The Bertz CT molecular complexity index is 645. The fourth-order valence-electron chi connectivity index (χ4n) is 1.76. The van der Waals surface area contributed by atoms with Crippen molar-refractivity contribution in [3.05, 3.63) is 58.1 Å². The van der Waals surface area contributed by atoms with Crippen LogP contribution < -0.4 is 9.47 Å².